The molecule has 27 heavy (non-hydrogen) atoms. The summed E-state index contributed by atoms with van der Waals surface area (Å²) in [6.45, 7) is 2.37. The molecule has 1 amide bonds. The van der Waals surface area contributed by atoms with E-state index in [1.807, 2.05) is 12.1 Å². The second-order valence-corrected chi connectivity index (χ2v) is 7.09. The number of aromatic nitrogens is 2. The van der Waals surface area contributed by atoms with E-state index < -0.39 is 0 Å². The van der Waals surface area contributed by atoms with E-state index in [9.17, 15) is 9.59 Å². The molecular weight excluding hydrogens is 362 g/mol. The average Bonchev–Trinajstić information content (AvgIpc) is 3.29. The molecule has 7 heteroatoms. The summed E-state index contributed by atoms with van der Waals surface area (Å²) >= 11 is 1.43. The molecule has 0 saturated heterocycles. The summed E-state index contributed by atoms with van der Waals surface area (Å²) in [7, 11) is 0. The van der Waals surface area contributed by atoms with Crippen LogP contribution in [-0.2, 0) is 13.0 Å². The summed E-state index contributed by atoms with van der Waals surface area (Å²) in [4.78, 5) is 28.7. The minimum absolute atomic E-state index is 0.124. The fourth-order valence-corrected chi connectivity index (χ4v) is 3.67. The molecular formula is C20H17N3O3S. The van der Waals surface area contributed by atoms with Gasteiger partial charge in [0.25, 0.3) is 11.5 Å². The summed E-state index contributed by atoms with van der Waals surface area (Å²) in [5.74, 6) is 0.351. The van der Waals surface area contributed by atoms with Crippen LogP contribution >= 0.6 is 11.3 Å². The molecule has 0 unspecified atom stereocenters. The van der Waals surface area contributed by atoms with Crippen LogP contribution in [0, 0.1) is 0 Å². The van der Waals surface area contributed by atoms with Crippen LogP contribution in [0.15, 0.2) is 63.9 Å². The zero-order chi connectivity index (χ0) is 18.8. The molecule has 4 aromatic rings. The Morgan fingerprint density at radius 2 is 2.11 bits per heavy atom. The van der Waals surface area contributed by atoms with Crippen molar-refractivity contribution in [1.82, 2.24) is 9.55 Å². The number of carbonyl (C=O) groups is 1. The summed E-state index contributed by atoms with van der Waals surface area (Å²) in [6, 6.07) is 14.3. The maximum atomic E-state index is 12.4. The number of carbonyl (C=O) groups excluding carboxylic acids is 1. The molecule has 4 rings (SSSR count). The standard InChI is InChI=1S/C20H17N3O3S/c1-2-13-6-8-15-17(11-13)27-20(21-15)22-19(25)16-9-7-14(26-16)12-23-10-4-3-5-18(23)24/h3-11H,2,12H2,1H3,(H,21,22,25). The van der Waals surface area contributed by atoms with Crippen molar-refractivity contribution in [1.29, 1.82) is 0 Å². The number of benzene rings is 1. The van der Waals surface area contributed by atoms with Crippen molar-refractivity contribution >= 4 is 32.6 Å². The maximum absolute atomic E-state index is 12.4. The number of furan rings is 1. The Morgan fingerprint density at radius 3 is 2.93 bits per heavy atom. The van der Waals surface area contributed by atoms with Gasteiger partial charge in [0, 0.05) is 12.3 Å². The van der Waals surface area contributed by atoms with Gasteiger partial charge in [0.1, 0.15) is 5.76 Å². The Bertz CT molecular complexity index is 1170. The van der Waals surface area contributed by atoms with Crippen molar-refractivity contribution in [3.8, 4) is 0 Å². The molecule has 1 aromatic carbocycles. The van der Waals surface area contributed by atoms with E-state index in [0.29, 0.717) is 10.9 Å². The number of hydrogen-bond donors (Lipinski definition) is 1. The Hall–Kier alpha value is -3.19. The summed E-state index contributed by atoms with van der Waals surface area (Å²) in [5, 5.41) is 3.31. The van der Waals surface area contributed by atoms with Crippen molar-refractivity contribution in [3.63, 3.8) is 0 Å². The van der Waals surface area contributed by atoms with Gasteiger partial charge < -0.3 is 8.98 Å². The third-order valence-corrected chi connectivity index (χ3v) is 5.13. The quantitative estimate of drug-likeness (QED) is 0.570. The Labute approximate surface area is 159 Å². The fourth-order valence-electron chi connectivity index (χ4n) is 2.75. The van der Waals surface area contributed by atoms with Gasteiger partial charge in [-0.1, -0.05) is 30.4 Å². The number of nitrogens with zero attached hydrogens (tertiary/aromatic N) is 2. The summed E-state index contributed by atoms with van der Waals surface area (Å²) in [6.07, 6.45) is 2.63. The van der Waals surface area contributed by atoms with Crippen molar-refractivity contribution in [3.05, 3.63) is 82.2 Å². The first-order chi connectivity index (χ1) is 13.1. The third-order valence-electron chi connectivity index (χ3n) is 4.19. The number of hydrogen-bond acceptors (Lipinski definition) is 5. The first kappa shape index (κ1) is 17.2. The van der Waals surface area contributed by atoms with Crippen LogP contribution in [0.2, 0.25) is 0 Å². The first-order valence-electron chi connectivity index (χ1n) is 8.57. The number of anilines is 1. The highest BCUT2D eigenvalue weighted by Gasteiger charge is 2.14. The SMILES string of the molecule is CCc1ccc2nc(NC(=O)c3ccc(Cn4ccccc4=O)o3)sc2c1. The van der Waals surface area contributed by atoms with Crippen LogP contribution in [0.3, 0.4) is 0 Å². The van der Waals surface area contributed by atoms with Gasteiger partial charge in [-0.2, -0.15) is 0 Å². The normalized spacial score (nSPS) is 11.0. The lowest BCUT2D eigenvalue weighted by molar-refractivity contribution is 0.0994. The number of amides is 1. The predicted octanol–water partition coefficient (Wildman–Crippen LogP) is 3.91. The molecule has 0 aliphatic rings. The van der Waals surface area contributed by atoms with Crippen LogP contribution in [0.1, 0.15) is 28.8 Å². The van der Waals surface area contributed by atoms with E-state index >= 15 is 0 Å². The number of fused-ring (bicyclic) bond motifs is 1. The van der Waals surface area contributed by atoms with Crippen molar-refractivity contribution < 1.29 is 9.21 Å². The van der Waals surface area contributed by atoms with Gasteiger partial charge in [-0.3, -0.25) is 14.9 Å². The van der Waals surface area contributed by atoms with Crippen molar-refractivity contribution in [2.75, 3.05) is 5.32 Å². The van der Waals surface area contributed by atoms with Gasteiger partial charge in [-0.25, -0.2) is 4.98 Å². The van der Waals surface area contributed by atoms with Crippen molar-refractivity contribution in [2.24, 2.45) is 0 Å². The Kier molecular flexibility index (Phi) is 4.60. The molecule has 3 heterocycles. The van der Waals surface area contributed by atoms with Crippen LogP contribution in [0.5, 0.6) is 0 Å². The summed E-state index contributed by atoms with van der Waals surface area (Å²) in [5.41, 5.74) is 1.97. The highest BCUT2D eigenvalue weighted by molar-refractivity contribution is 7.22. The van der Waals surface area contributed by atoms with E-state index in [0.717, 1.165) is 16.6 Å². The highest BCUT2D eigenvalue weighted by atomic mass is 32.1. The summed E-state index contributed by atoms with van der Waals surface area (Å²) < 4.78 is 8.14. The van der Waals surface area contributed by atoms with Gasteiger partial charge >= 0.3 is 0 Å². The van der Waals surface area contributed by atoms with Gasteiger partial charge in [-0.05, 0) is 42.3 Å². The number of aryl methyl sites for hydroxylation is 1. The molecule has 0 fully saturated rings. The maximum Gasteiger partial charge on any atom is 0.293 e. The monoisotopic (exact) mass is 379 g/mol. The topological polar surface area (TPSA) is 77.1 Å². The molecule has 0 atom stereocenters. The second-order valence-electron chi connectivity index (χ2n) is 6.06. The lowest BCUT2D eigenvalue weighted by Gasteiger charge is -2.02. The highest BCUT2D eigenvalue weighted by Crippen LogP contribution is 2.27. The zero-order valence-corrected chi connectivity index (χ0v) is 15.5. The predicted molar refractivity (Wildman–Crippen MR) is 105 cm³/mol. The van der Waals surface area contributed by atoms with Crippen LogP contribution in [0.25, 0.3) is 10.2 Å². The molecule has 6 nitrogen and oxygen atoms in total. The van der Waals surface area contributed by atoms with Crippen LogP contribution < -0.4 is 10.9 Å². The number of thiazole rings is 1. The fraction of sp³-hybridized carbons (Fsp3) is 0.150. The van der Waals surface area contributed by atoms with Crippen molar-refractivity contribution in [2.45, 2.75) is 19.9 Å². The molecule has 136 valence electrons. The minimum Gasteiger partial charge on any atom is -0.454 e. The number of pyridine rings is 1. The van der Waals surface area contributed by atoms with E-state index in [1.165, 1.54) is 27.5 Å². The molecule has 0 aliphatic heterocycles. The Balaban J connectivity index is 1.49. The van der Waals surface area contributed by atoms with Gasteiger partial charge in [0.05, 0.1) is 16.8 Å². The second kappa shape index (κ2) is 7.20. The molecule has 0 radical (unpaired) electrons. The number of rotatable bonds is 5. The largest absolute Gasteiger partial charge is 0.454 e. The molecule has 1 N–H and O–H groups in total. The van der Waals surface area contributed by atoms with E-state index in [-0.39, 0.29) is 23.8 Å². The lowest BCUT2D eigenvalue weighted by Crippen LogP contribution is -2.18. The molecule has 3 aromatic heterocycles. The van der Waals surface area contributed by atoms with E-state index in [1.54, 1.807) is 30.5 Å². The van der Waals surface area contributed by atoms with E-state index in [2.05, 4.69) is 23.3 Å². The molecule has 0 spiro atoms. The minimum atomic E-state index is -0.364. The molecule has 0 saturated carbocycles. The van der Waals surface area contributed by atoms with E-state index in [4.69, 9.17) is 4.42 Å². The first-order valence-corrected chi connectivity index (χ1v) is 9.39. The number of nitrogens with one attached hydrogen (secondary N) is 1. The van der Waals surface area contributed by atoms with Crippen LogP contribution in [-0.4, -0.2) is 15.5 Å². The van der Waals surface area contributed by atoms with Crippen LogP contribution in [0.4, 0.5) is 5.13 Å². The van der Waals surface area contributed by atoms with Gasteiger partial charge in [0.2, 0.25) is 0 Å². The molecule has 0 bridgehead atoms. The zero-order valence-electron chi connectivity index (χ0n) is 14.6. The van der Waals surface area contributed by atoms with Gasteiger partial charge in [0.15, 0.2) is 10.9 Å². The average molecular weight is 379 g/mol. The third kappa shape index (κ3) is 3.68. The molecule has 0 aliphatic carbocycles. The Morgan fingerprint density at radius 1 is 1.22 bits per heavy atom. The lowest BCUT2D eigenvalue weighted by atomic mass is 10.2. The van der Waals surface area contributed by atoms with Gasteiger partial charge in [-0.15, -0.1) is 0 Å². The smallest absolute Gasteiger partial charge is 0.293 e.